The van der Waals surface area contributed by atoms with E-state index in [1.807, 2.05) is 34.6 Å². The number of nitrogens with zero attached hydrogens (tertiary/aromatic N) is 2. The highest BCUT2D eigenvalue weighted by Crippen LogP contribution is 2.14. The normalized spacial score (nSPS) is 16.2. The Balaban J connectivity index is 1.94. The number of ether oxygens (including phenoxy) is 1. The summed E-state index contributed by atoms with van der Waals surface area (Å²) >= 11 is 0. The van der Waals surface area contributed by atoms with Crippen molar-refractivity contribution in [3.63, 3.8) is 0 Å². The van der Waals surface area contributed by atoms with E-state index < -0.39 is 17.6 Å². The largest absolute Gasteiger partial charge is 0.459 e. The van der Waals surface area contributed by atoms with Crippen molar-refractivity contribution in [1.82, 2.24) is 15.1 Å². The van der Waals surface area contributed by atoms with Crippen LogP contribution in [0.5, 0.6) is 0 Å². The van der Waals surface area contributed by atoms with E-state index in [-0.39, 0.29) is 23.7 Å². The molecule has 8 heteroatoms. The smallest absolute Gasteiger partial charge is 0.410 e. The lowest BCUT2D eigenvalue weighted by molar-refractivity contribution is -0.136. The van der Waals surface area contributed by atoms with Crippen LogP contribution in [0.3, 0.4) is 0 Å². The molecule has 1 fully saturated rings. The fourth-order valence-corrected chi connectivity index (χ4v) is 2.77. The lowest BCUT2D eigenvalue weighted by atomic mass is 10.0. The molecule has 0 spiro atoms. The van der Waals surface area contributed by atoms with Crippen molar-refractivity contribution in [2.24, 2.45) is 5.92 Å². The predicted octanol–water partition coefficient (Wildman–Crippen LogP) is 2.11. The van der Waals surface area contributed by atoms with Crippen LogP contribution in [-0.4, -0.2) is 65.5 Å². The summed E-state index contributed by atoms with van der Waals surface area (Å²) in [5, 5.41) is 2.75. The zero-order chi connectivity index (χ0) is 20.2. The Morgan fingerprint density at radius 3 is 2.19 bits per heavy atom. The molecule has 0 radical (unpaired) electrons. The van der Waals surface area contributed by atoms with Crippen LogP contribution in [-0.2, 0) is 9.53 Å². The van der Waals surface area contributed by atoms with Gasteiger partial charge in [0.2, 0.25) is 5.91 Å². The standard InChI is InChI=1S/C19H29N3O5/c1-13(2)15(20-16(23)14-7-6-12-26-14)17(24)21-8-10-22(11-9-21)18(25)27-19(3,4)5/h6-7,12-13,15H,8-11H2,1-5H3,(H,20,23). The number of carbonyl (C=O) groups excluding carboxylic acids is 3. The average molecular weight is 379 g/mol. The molecular weight excluding hydrogens is 350 g/mol. The number of hydrogen-bond donors (Lipinski definition) is 1. The molecule has 1 unspecified atom stereocenters. The van der Waals surface area contributed by atoms with Gasteiger partial charge in [-0.3, -0.25) is 9.59 Å². The fourth-order valence-electron chi connectivity index (χ4n) is 2.77. The molecular formula is C19H29N3O5. The van der Waals surface area contributed by atoms with Crippen LogP contribution in [0, 0.1) is 5.92 Å². The molecule has 1 saturated heterocycles. The number of rotatable bonds is 4. The first-order chi connectivity index (χ1) is 12.6. The average Bonchev–Trinajstić information content (AvgIpc) is 3.12. The molecule has 2 heterocycles. The zero-order valence-electron chi connectivity index (χ0n) is 16.7. The van der Waals surface area contributed by atoms with E-state index in [0.29, 0.717) is 26.2 Å². The Morgan fingerprint density at radius 1 is 1.11 bits per heavy atom. The summed E-state index contributed by atoms with van der Waals surface area (Å²) in [5.41, 5.74) is -0.553. The maximum absolute atomic E-state index is 12.9. The minimum Gasteiger partial charge on any atom is -0.459 e. The van der Waals surface area contributed by atoms with Gasteiger partial charge in [-0.1, -0.05) is 13.8 Å². The molecule has 2 rings (SSSR count). The Kier molecular flexibility index (Phi) is 6.51. The van der Waals surface area contributed by atoms with Gasteiger partial charge in [0.1, 0.15) is 11.6 Å². The summed E-state index contributed by atoms with van der Waals surface area (Å²) in [7, 11) is 0. The Morgan fingerprint density at radius 2 is 1.70 bits per heavy atom. The van der Waals surface area contributed by atoms with Gasteiger partial charge in [0, 0.05) is 26.2 Å². The molecule has 1 aromatic heterocycles. The summed E-state index contributed by atoms with van der Waals surface area (Å²) in [5.74, 6) is -0.489. The van der Waals surface area contributed by atoms with Crippen LogP contribution in [0.15, 0.2) is 22.8 Å². The molecule has 1 atom stereocenters. The van der Waals surface area contributed by atoms with Crippen molar-refractivity contribution >= 4 is 17.9 Å². The molecule has 8 nitrogen and oxygen atoms in total. The number of piperazine rings is 1. The second kappa shape index (κ2) is 8.45. The lowest BCUT2D eigenvalue weighted by Crippen LogP contribution is -2.57. The molecule has 1 aliphatic heterocycles. The van der Waals surface area contributed by atoms with Crippen LogP contribution in [0.25, 0.3) is 0 Å². The second-order valence-electron chi connectivity index (χ2n) is 7.97. The van der Waals surface area contributed by atoms with Crippen LogP contribution in [0.4, 0.5) is 4.79 Å². The minimum atomic E-state index is -0.657. The van der Waals surface area contributed by atoms with Crippen molar-refractivity contribution in [1.29, 1.82) is 0 Å². The van der Waals surface area contributed by atoms with Gasteiger partial charge in [-0.2, -0.15) is 0 Å². The van der Waals surface area contributed by atoms with Gasteiger partial charge in [-0.05, 0) is 38.8 Å². The first-order valence-electron chi connectivity index (χ1n) is 9.19. The van der Waals surface area contributed by atoms with Gasteiger partial charge >= 0.3 is 6.09 Å². The van der Waals surface area contributed by atoms with Gasteiger partial charge < -0.3 is 24.3 Å². The molecule has 1 aromatic rings. The molecule has 0 aliphatic carbocycles. The SMILES string of the molecule is CC(C)C(NC(=O)c1ccco1)C(=O)N1CCN(C(=O)OC(C)(C)C)CC1. The second-order valence-corrected chi connectivity index (χ2v) is 7.97. The van der Waals surface area contributed by atoms with E-state index in [4.69, 9.17) is 9.15 Å². The number of furan rings is 1. The number of hydrogen-bond acceptors (Lipinski definition) is 5. The number of nitrogens with one attached hydrogen (secondary N) is 1. The molecule has 27 heavy (non-hydrogen) atoms. The van der Waals surface area contributed by atoms with Crippen molar-refractivity contribution in [2.45, 2.75) is 46.3 Å². The predicted molar refractivity (Wildman–Crippen MR) is 99.2 cm³/mol. The zero-order valence-corrected chi connectivity index (χ0v) is 16.7. The number of carbonyl (C=O) groups is 3. The van der Waals surface area contributed by atoms with Crippen LogP contribution >= 0.6 is 0 Å². The molecule has 0 saturated carbocycles. The lowest BCUT2D eigenvalue weighted by Gasteiger charge is -2.37. The molecule has 0 bridgehead atoms. The van der Waals surface area contributed by atoms with E-state index in [2.05, 4.69) is 5.32 Å². The maximum Gasteiger partial charge on any atom is 0.410 e. The van der Waals surface area contributed by atoms with Crippen LogP contribution < -0.4 is 5.32 Å². The first kappa shape index (κ1) is 20.8. The van der Waals surface area contributed by atoms with Crippen LogP contribution in [0.1, 0.15) is 45.2 Å². The molecule has 150 valence electrons. The first-order valence-corrected chi connectivity index (χ1v) is 9.19. The minimum absolute atomic E-state index is 0.0831. The summed E-state index contributed by atoms with van der Waals surface area (Å²) in [6.07, 6.45) is 1.04. The Bertz CT molecular complexity index is 655. The highest BCUT2D eigenvalue weighted by atomic mass is 16.6. The monoisotopic (exact) mass is 379 g/mol. The summed E-state index contributed by atoms with van der Waals surface area (Å²) in [6, 6.07) is 2.52. The van der Waals surface area contributed by atoms with Gasteiger partial charge in [-0.25, -0.2) is 4.79 Å². The molecule has 1 aliphatic rings. The summed E-state index contributed by atoms with van der Waals surface area (Å²) < 4.78 is 10.5. The van der Waals surface area contributed by atoms with Crippen molar-refractivity contribution in [3.05, 3.63) is 24.2 Å². The highest BCUT2D eigenvalue weighted by molar-refractivity contribution is 5.95. The summed E-state index contributed by atoms with van der Waals surface area (Å²) in [6.45, 7) is 10.8. The van der Waals surface area contributed by atoms with Crippen LogP contribution in [0.2, 0.25) is 0 Å². The van der Waals surface area contributed by atoms with E-state index in [9.17, 15) is 14.4 Å². The van der Waals surface area contributed by atoms with Gasteiger partial charge in [-0.15, -0.1) is 0 Å². The Labute approximate surface area is 159 Å². The van der Waals surface area contributed by atoms with Crippen molar-refractivity contribution in [2.75, 3.05) is 26.2 Å². The fraction of sp³-hybridized carbons (Fsp3) is 0.632. The van der Waals surface area contributed by atoms with Gasteiger partial charge in [0.15, 0.2) is 5.76 Å². The van der Waals surface area contributed by atoms with E-state index in [0.717, 1.165) is 0 Å². The van der Waals surface area contributed by atoms with Gasteiger partial charge in [0.05, 0.1) is 6.26 Å². The third kappa shape index (κ3) is 5.74. The summed E-state index contributed by atoms with van der Waals surface area (Å²) in [4.78, 5) is 40.5. The van der Waals surface area contributed by atoms with Crippen molar-refractivity contribution in [3.8, 4) is 0 Å². The molecule has 1 N–H and O–H groups in total. The third-order valence-corrected chi connectivity index (χ3v) is 4.21. The topological polar surface area (TPSA) is 92.1 Å². The molecule has 3 amide bonds. The number of amides is 3. The van der Waals surface area contributed by atoms with Gasteiger partial charge in [0.25, 0.3) is 5.91 Å². The highest BCUT2D eigenvalue weighted by Gasteiger charge is 2.33. The van der Waals surface area contributed by atoms with Crippen molar-refractivity contribution < 1.29 is 23.5 Å². The van der Waals surface area contributed by atoms with E-state index in [1.165, 1.54) is 6.26 Å². The Hall–Kier alpha value is -2.51. The maximum atomic E-state index is 12.9. The quantitative estimate of drug-likeness (QED) is 0.865. The van der Waals surface area contributed by atoms with E-state index in [1.54, 1.807) is 21.9 Å². The third-order valence-electron chi connectivity index (χ3n) is 4.21. The molecule has 0 aromatic carbocycles. The van der Waals surface area contributed by atoms with E-state index >= 15 is 0 Å².